The van der Waals surface area contributed by atoms with Crippen LogP contribution in [0.4, 0.5) is 5.69 Å². The van der Waals surface area contributed by atoms with E-state index in [1.54, 1.807) is 0 Å². The molecule has 0 atom stereocenters. The molecule has 0 aliphatic carbocycles. The number of aromatic nitrogens is 1. The first-order chi connectivity index (χ1) is 17.5. The van der Waals surface area contributed by atoms with Gasteiger partial charge in [-0.3, -0.25) is 0 Å². The van der Waals surface area contributed by atoms with Crippen LogP contribution in [0, 0.1) is 0 Å². The Bertz CT molecular complexity index is 1350. The summed E-state index contributed by atoms with van der Waals surface area (Å²) in [7, 11) is 4.41. The number of nitrogens with zero attached hydrogens (tertiary/aromatic N) is 3. The quantitative estimate of drug-likeness (QED) is 0.118. The lowest BCUT2D eigenvalue weighted by molar-refractivity contribution is -0.916. The number of anilines is 1. The molecule has 1 fully saturated rings. The van der Waals surface area contributed by atoms with Gasteiger partial charge in [-0.1, -0.05) is 26.0 Å². The Morgan fingerprint density at radius 3 is 2.50 bits per heavy atom. The van der Waals surface area contributed by atoms with E-state index in [9.17, 15) is 0 Å². The first-order valence-corrected chi connectivity index (χ1v) is 13.3. The van der Waals surface area contributed by atoms with Crippen LogP contribution in [0.2, 0.25) is 0 Å². The highest BCUT2D eigenvalue weighted by Gasteiger charge is 2.26. The van der Waals surface area contributed by atoms with E-state index in [0.717, 1.165) is 97.0 Å². The number of para-hydroxylation sites is 1. The molecule has 1 aliphatic rings. The summed E-state index contributed by atoms with van der Waals surface area (Å²) in [5, 5.41) is 5.96. The molecular weight excluding hydrogens is 706 g/mol. The van der Waals surface area contributed by atoms with E-state index in [2.05, 4.69) is 73.1 Å². The molecule has 0 saturated carbocycles. The number of aryl methyl sites for hydroxylation is 1. The van der Waals surface area contributed by atoms with E-state index in [1.807, 2.05) is 12.1 Å². The van der Waals surface area contributed by atoms with Crippen molar-refractivity contribution in [2.75, 3.05) is 78.0 Å². The maximum Gasteiger partial charge on any atom is 0.261 e. The van der Waals surface area contributed by atoms with E-state index in [0.29, 0.717) is 6.61 Å². The molecule has 38 heavy (non-hydrogen) atoms. The van der Waals surface area contributed by atoms with Crippen LogP contribution in [0.5, 0.6) is 5.75 Å². The van der Waals surface area contributed by atoms with Crippen molar-refractivity contribution in [3.63, 3.8) is 0 Å². The Kier molecular flexibility index (Phi) is 11.3. The zero-order chi connectivity index (χ0) is 25.1. The lowest BCUT2D eigenvalue weighted by Crippen LogP contribution is -3.00. The summed E-state index contributed by atoms with van der Waals surface area (Å²) in [6, 6.07) is 14.7. The van der Waals surface area contributed by atoms with E-state index in [1.165, 1.54) is 10.9 Å². The summed E-state index contributed by atoms with van der Waals surface area (Å²) >= 11 is 0. The highest BCUT2D eigenvalue weighted by Crippen LogP contribution is 2.37. The number of hydrogen-bond donors (Lipinski definition) is 1. The Morgan fingerprint density at radius 2 is 1.76 bits per heavy atom. The van der Waals surface area contributed by atoms with Crippen molar-refractivity contribution in [2.45, 2.75) is 13.8 Å². The van der Waals surface area contributed by atoms with Crippen LogP contribution in [0.1, 0.15) is 13.8 Å². The van der Waals surface area contributed by atoms with Gasteiger partial charge in [0.1, 0.15) is 44.6 Å². The number of likely N-dealkylation sites (N-methyl/N-ethyl adjacent to an activating group) is 2. The molecule has 0 unspecified atom stereocenters. The van der Waals surface area contributed by atoms with Gasteiger partial charge in [0.2, 0.25) is 11.1 Å². The normalized spacial score (nSPS) is 15.0. The second-order valence-electron chi connectivity index (χ2n) is 10.1. The zero-order valence-electron chi connectivity index (χ0n) is 22.9. The fourth-order valence-electron chi connectivity index (χ4n) is 5.32. The van der Waals surface area contributed by atoms with Crippen LogP contribution in [0.15, 0.2) is 46.9 Å². The summed E-state index contributed by atoms with van der Waals surface area (Å²) < 4.78 is 21.5. The molecule has 1 aliphatic heterocycles. The second kappa shape index (κ2) is 13.8. The molecule has 2 aromatic heterocycles. The van der Waals surface area contributed by atoms with Gasteiger partial charge in [-0.05, 0) is 37.4 Å². The van der Waals surface area contributed by atoms with Gasteiger partial charge in [0.15, 0.2) is 0 Å². The molecule has 5 rings (SSSR count). The minimum absolute atomic E-state index is 0. The molecule has 4 aromatic rings. The van der Waals surface area contributed by atoms with Crippen LogP contribution in [0.25, 0.3) is 33.0 Å². The van der Waals surface area contributed by atoms with Gasteiger partial charge in [-0.25, -0.2) is 0 Å². The maximum atomic E-state index is 6.48. The van der Waals surface area contributed by atoms with Gasteiger partial charge in [0, 0.05) is 19.2 Å². The highest BCUT2D eigenvalue weighted by atomic mass is 127. The molecule has 0 bridgehead atoms. The summed E-state index contributed by atoms with van der Waals surface area (Å²) in [5.74, 6) is 0.884. The first kappa shape index (κ1) is 31.1. The SMILES string of the molecule is CCN(CC)CCNc1c2ccccc2[n+](C)c2c1oc1ccc(OCC[N+]3(C)CCOCC3)cc12.[I-].[I-]. The van der Waals surface area contributed by atoms with Crippen molar-refractivity contribution < 1.29 is 70.9 Å². The maximum absolute atomic E-state index is 6.48. The molecule has 7 nitrogen and oxygen atoms in total. The molecule has 0 radical (unpaired) electrons. The number of benzene rings is 2. The van der Waals surface area contributed by atoms with E-state index < -0.39 is 0 Å². The average Bonchev–Trinajstić information content (AvgIpc) is 3.28. The van der Waals surface area contributed by atoms with Crippen LogP contribution in [-0.2, 0) is 11.8 Å². The summed E-state index contributed by atoms with van der Waals surface area (Å²) in [4.78, 5) is 2.43. The highest BCUT2D eigenvalue weighted by molar-refractivity contribution is 6.11. The number of quaternary nitrogens is 1. The fourth-order valence-corrected chi connectivity index (χ4v) is 5.32. The second-order valence-corrected chi connectivity index (χ2v) is 10.1. The smallest absolute Gasteiger partial charge is 0.261 e. The number of ether oxygens (including phenoxy) is 2. The van der Waals surface area contributed by atoms with Crippen molar-refractivity contribution >= 4 is 38.7 Å². The number of halogens is 2. The molecule has 2 aromatic carbocycles. The molecule has 9 heteroatoms. The molecule has 1 saturated heterocycles. The predicted molar refractivity (Wildman–Crippen MR) is 146 cm³/mol. The number of pyridine rings is 1. The molecule has 3 heterocycles. The minimum Gasteiger partial charge on any atom is -1.00 e. The Hall–Kier alpha value is -1.41. The lowest BCUT2D eigenvalue weighted by Gasteiger charge is -2.37. The third-order valence-electron chi connectivity index (χ3n) is 7.81. The van der Waals surface area contributed by atoms with Crippen LogP contribution < -0.4 is 62.6 Å². The standard InChI is InChI=1S/C29H39N4O3.2HI/c1-5-32(6-2)14-13-30-27-23-9-7-8-10-25(23)31(3)28-24-21-22(11-12-26(24)36-29(27)28)35-20-17-33(4)15-18-34-19-16-33;;/h7-12,21H,5-6,13-20H2,1-4H3;2*1H/q+1;;/p-1. The van der Waals surface area contributed by atoms with Crippen molar-refractivity contribution in [1.29, 1.82) is 0 Å². The van der Waals surface area contributed by atoms with Crippen LogP contribution >= 0.6 is 0 Å². The van der Waals surface area contributed by atoms with Crippen LogP contribution in [0.3, 0.4) is 0 Å². The fraction of sp³-hybridized carbons (Fsp3) is 0.483. The summed E-state index contributed by atoms with van der Waals surface area (Å²) in [6.45, 7) is 13.8. The monoisotopic (exact) mass is 746 g/mol. The minimum atomic E-state index is 0. The Labute approximate surface area is 260 Å². The van der Waals surface area contributed by atoms with Crippen molar-refractivity contribution in [3.05, 3.63) is 42.5 Å². The number of rotatable bonds is 10. The number of nitrogens with one attached hydrogen (secondary N) is 1. The van der Waals surface area contributed by atoms with Gasteiger partial charge in [0.05, 0.1) is 36.7 Å². The van der Waals surface area contributed by atoms with Crippen molar-refractivity contribution in [3.8, 4) is 5.75 Å². The van der Waals surface area contributed by atoms with Crippen LogP contribution in [-0.4, -0.2) is 82.1 Å². The van der Waals surface area contributed by atoms with Gasteiger partial charge in [0.25, 0.3) is 5.52 Å². The van der Waals surface area contributed by atoms with E-state index in [-0.39, 0.29) is 48.0 Å². The molecular formula is C29H40I2N4O3. The summed E-state index contributed by atoms with van der Waals surface area (Å²) in [5.41, 5.74) is 5.10. The molecule has 0 spiro atoms. The van der Waals surface area contributed by atoms with E-state index in [4.69, 9.17) is 13.9 Å². The predicted octanol–water partition coefficient (Wildman–Crippen LogP) is -1.82. The van der Waals surface area contributed by atoms with Gasteiger partial charge in [-0.15, -0.1) is 0 Å². The average molecular weight is 746 g/mol. The Balaban J connectivity index is 0.00000200. The van der Waals surface area contributed by atoms with Gasteiger partial charge >= 0.3 is 0 Å². The van der Waals surface area contributed by atoms with Crippen molar-refractivity contribution in [2.24, 2.45) is 7.05 Å². The zero-order valence-corrected chi connectivity index (χ0v) is 27.2. The first-order valence-electron chi connectivity index (χ1n) is 13.3. The molecule has 0 amide bonds. The summed E-state index contributed by atoms with van der Waals surface area (Å²) in [6.07, 6.45) is 0. The number of fused-ring (bicyclic) bond motifs is 4. The number of hydrogen-bond acceptors (Lipinski definition) is 5. The van der Waals surface area contributed by atoms with Gasteiger partial charge in [-0.2, -0.15) is 4.57 Å². The van der Waals surface area contributed by atoms with Gasteiger partial charge < -0.3 is 76.5 Å². The topological polar surface area (TPSA) is 50.8 Å². The van der Waals surface area contributed by atoms with E-state index >= 15 is 0 Å². The third-order valence-corrected chi connectivity index (χ3v) is 7.81. The Morgan fingerprint density at radius 1 is 1.03 bits per heavy atom. The molecule has 208 valence electrons. The largest absolute Gasteiger partial charge is 1.00 e. The number of furan rings is 1. The lowest BCUT2D eigenvalue weighted by atomic mass is 10.1. The molecule has 1 N–H and O–H groups in total. The third kappa shape index (κ3) is 6.48. The van der Waals surface area contributed by atoms with Crippen molar-refractivity contribution in [1.82, 2.24) is 4.90 Å². The number of morpholine rings is 1.